The van der Waals surface area contributed by atoms with Gasteiger partial charge in [-0.3, -0.25) is 14.0 Å². The second-order valence-corrected chi connectivity index (χ2v) is 11.5. The van der Waals surface area contributed by atoms with Gasteiger partial charge in [0.25, 0.3) is 0 Å². The molecule has 1 saturated heterocycles. The van der Waals surface area contributed by atoms with Crippen LogP contribution in [0.5, 0.6) is 5.88 Å². The van der Waals surface area contributed by atoms with Crippen LogP contribution >= 0.6 is 0 Å². The molecule has 1 aromatic heterocycles. The topological polar surface area (TPSA) is 84.5 Å². The molecule has 2 heterocycles. The van der Waals surface area contributed by atoms with Crippen LogP contribution < -0.4 is 5.69 Å². The number of sulfone groups is 1. The Kier molecular flexibility index (Phi) is 6.76. The van der Waals surface area contributed by atoms with Crippen LogP contribution in [0.25, 0.3) is 11.1 Å². The predicted octanol–water partition coefficient (Wildman–Crippen LogP) is 2.96. The van der Waals surface area contributed by atoms with Crippen molar-refractivity contribution in [3.05, 3.63) is 76.3 Å². The van der Waals surface area contributed by atoms with Gasteiger partial charge in [0.1, 0.15) is 0 Å². The number of benzene rings is 2. The van der Waals surface area contributed by atoms with E-state index >= 15 is 0 Å². The summed E-state index contributed by atoms with van der Waals surface area (Å²) >= 11 is 0. The summed E-state index contributed by atoms with van der Waals surface area (Å²) in [5.74, 6) is 0.724. The van der Waals surface area contributed by atoms with Crippen LogP contribution in [0, 0.1) is 5.92 Å². The van der Waals surface area contributed by atoms with E-state index < -0.39 is 9.84 Å². The smallest absolute Gasteiger partial charge is 0.331 e. The molecule has 0 bridgehead atoms. The molecule has 1 N–H and O–H groups in total. The number of aromatic nitrogens is 2. The molecule has 0 saturated carbocycles. The molecule has 1 aliphatic rings. The molecule has 2 aromatic carbocycles. The number of nitrogens with zero attached hydrogens (tertiary/aromatic N) is 3. The van der Waals surface area contributed by atoms with Gasteiger partial charge in [0, 0.05) is 26.2 Å². The molecule has 8 heteroatoms. The Hall–Kier alpha value is -2.84. The van der Waals surface area contributed by atoms with E-state index in [1.54, 1.807) is 0 Å². The Morgan fingerprint density at radius 1 is 0.939 bits per heavy atom. The summed E-state index contributed by atoms with van der Waals surface area (Å²) < 4.78 is 26.2. The van der Waals surface area contributed by atoms with Crippen LogP contribution in [0.4, 0.5) is 0 Å². The van der Waals surface area contributed by atoms with E-state index in [1.165, 1.54) is 15.3 Å². The summed E-state index contributed by atoms with van der Waals surface area (Å²) in [6, 6.07) is 16.4. The van der Waals surface area contributed by atoms with Gasteiger partial charge in [0.2, 0.25) is 5.88 Å². The first-order valence-corrected chi connectivity index (χ1v) is 13.1. The van der Waals surface area contributed by atoms with Crippen molar-refractivity contribution in [3.8, 4) is 17.0 Å². The van der Waals surface area contributed by atoms with E-state index in [0.717, 1.165) is 28.8 Å². The highest BCUT2D eigenvalue weighted by atomic mass is 32.2. The van der Waals surface area contributed by atoms with Gasteiger partial charge in [0.15, 0.2) is 9.84 Å². The van der Waals surface area contributed by atoms with Crippen molar-refractivity contribution in [2.75, 3.05) is 24.6 Å². The largest absolute Gasteiger partial charge is 0.493 e. The fraction of sp³-hybridized carbons (Fsp3) is 0.400. The van der Waals surface area contributed by atoms with E-state index in [2.05, 4.69) is 23.1 Å². The molecule has 1 aliphatic heterocycles. The predicted molar refractivity (Wildman–Crippen MR) is 130 cm³/mol. The van der Waals surface area contributed by atoms with Gasteiger partial charge in [-0.1, -0.05) is 56.3 Å². The minimum atomic E-state index is -2.87. The third-order valence-electron chi connectivity index (χ3n) is 5.98. The Morgan fingerprint density at radius 3 is 2.30 bits per heavy atom. The summed E-state index contributed by atoms with van der Waals surface area (Å²) in [6.07, 6.45) is 1.49. The zero-order valence-electron chi connectivity index (χ0n) is 19.1. The molecule has 0 radical (unpaired) electrons. The molecule has 0 atom stereocenters. The van der Waals surface area contributed by atoms with Crippen LogP contribution in [0.2, 0.25) is 0 Å². The lowest BCUT2D eigenvalue weighted by Crippen LogP contribution is -2.39. The highest BCUT2D eigenvalue weighted by Crippen LogP contribution is 2.22. The number of aromatic hydroxyl groups is 1. The standard InChI is InChI=1S/C25H31N3O4S/c1-19(2)15-28-24(29)18-27(25(28)30)17-20-6-8-22(9-7-20)23-5-3-4-21(14-23)16-26-10-12-33(31,32)13-11-26/h3-9,14,18-19,29H,10-13,15-17H2,1-2H3. The van der Waals surface area contributed by atoms with Gasteiger partial charge >= 0.3 is 5.69 Å². The van der Waals surface area contributed by atoms with Gasteiger partial charge in [-0.25, -0.2) is 13.2 Å². The lowest BCUT2D eigenvalue weighted by molar-refractivity contribution is 0.288. The monoisotopic (exact) mass is 469 g/mol. The van der Waals surface area contributed by atoms with Crippen molar-refractivity contribution in [3.63, 3.8) is 0 Å². The SMILES string of the molecule is CC(C)Cn1c(O)cn(Cc2ccc(-c3cccc(CN4CCS(=O)(=O)CC4)c3)cc2)c1=O. The third-order valence-corrected chi connectivity index (χ3v) is 7.59. The zero-order valence-corrected chi connectivity index (χ0v) is 20.0. The second-order valence-electron chi connectivity index (χ2n) is 9.23. The minimum Gasteiger partial charge on any atom is -0.493 e. The molecular weight excluding hydrogens is 438 g/mol. The molecule has 3 aromatic rings. The maximum Gasteiger partial charge on any atom is 0.331 e. The van der Waals surface area contributed by atoms with Crippen LogP contribution in [-0.4, -0.2) is 52.2 Å². The lowest BCUT2D eigenvalue weighted by Gasteiger charge is -2.26. The summed E-state index contributed by atoms with van der Waals surface area (Å²) in [5.41, 5.74) is 4.11. The van der Waals surface area contributed by atoms with E-state index in [1.807, 2.05) is 44.2 Å². The summed E-state index contributed by atoms with van der Waals surface area (Å²) in [6.45, 7) is 6.79. The van der Waals surface area contributed by atoms with Gasteiger partial charge in [-0.05, 0) is 34.2 Å². The maximum absolute atomic E-state index is 12.6. The van der Waals surface area contributed by atoms with Crippen molar-refractivity contribution in [1.82, 2.24) is 14.0 Å². The van der Waals surface area contributed by atoms with Crippen molar-refractivity contribution < 1.29 is 13.5 Å². The zero-order chi connectivity index (χ0) is 23.6. The number of imidazole rings is 1. The van der Waals surface area contributed by atoms with Crippen molar-refractivity contribution >= 4 is 9.84 Å². The summed E-state index contributed by atoms with van der Waals surface area (Å²) in [5, 5.41) is 10.1. The second kappa shape index (κ2) is 9.57. The molecule has 0 unspecified atom stereocenters. The van der Waals surface area contributed by atoms with Gasteiger partial charge in [-0.2, -0.15) is 0 Å². The Morgan fingerprint density at radius 2 is 1.64 bits per heavy atom. The molecule has 33 heavy (non-hydrogen) atoms. The van der Waals surface area contributed by atoms with Crippen molar-refractivity contribution in [1.29, 1.82) is 0 Å². The highest BCUT2D eigenvalue weighted by molar-refractivity contribution is 7.91. The molecular formula is C25H31N3O4S. The van der Waals surface area contributed by atoms with Crippen LogP contribution in [0.15, 0.2) is 59.5 Å². The normalized spacial score (nSPS) is 16.3. The highest BCUT2D eigenvalue weighted by Gasteiger charge is 2.21. The van der Waals surface area contributed by atoms with Crippen molar-refractivity contribution in [2.24, 2.45) is 5.92 Å². The molecule has 0 aliphatic carbocycles. The Balaban J connectivity index is 1.45. The van der Waals surface area contributed by atoms with E-state index in [-0.39, 0.29) is 29.0 Å². The summed E-state index contributed by atoms with van der Waals surface area (Å²) in [4.78, 5) is 14.8. The Bertz CT molecular complexity index is 1260. The average Bonchev–Trinajstić information content (AvgIpc) is 3.03. The molecule has 0 amide bonds. The van der Waals surface area contributed by atoms with Gasteiger partial charge in [0.05, 0.1) is 24.2 Å². The number of hydrogen-bond donors (Lipinski definition) is 1. The summed E-state index contributed by atoms with van der Waals surface area (Å²) in [7, 11) is -2.87. The van der Waals surface area contributed by atoms with Crippen molar-refractivity contribution in [2.45, 2.75) is 33.5 Å². The fourth-order valence-electron chi connectivity index (χ4n) is 4.18. The first-order chi connectivity index (χ1) is 15.7. The maximum atomic E-state index is 12.6. The average molecular weight is 470 g/mol. The number of rotatable bonds is 7. The van der Waals surface area contributed by atoms with E-state index in [9.17, 15) is 18.3 Å². The minimum absolute atomic E-state index is 0.00607. The molecule has 0 spiro atoms. The Labute approximate surface area is 194 Å². The first-order valence-electron chi connectivity index (χ1n) is 11.3. The van der Waals surface area contributed by atoms with Crippen LogP contribution in [-0.2, 0) is 29.5 Å². The van der Waals surface area contributed by atoms with E-state index in [4.69, 9.17) is 0 Å². The van der Waals surface area contributed by atoms with E-state index in [0.29, 0.717) is 26.2 Å². The number of hydrogen-bond acceptors (Lipinski definition) is 5. The van der Waals surface area contributed by atoms with Gasteiger partial charge < -0.3 is 5.11 Å². The third kappa shape index (κ3) is 5.75. The molecule has 176 valence electrons. The lowest BCUT2D eigenvalue weighted by atomic mass is 10.0. The molecule has 4 rings (SSSR count). The molecule has 7 nitrogen and oxygen atoms in total. The fourth-order valence-corrected chi connectivity index (χ4v) is 5.46. The first kappa shape index (κ1) is 23.3. The quantitative estimate of drug-likeness (QED) is 0.575. The molecule has 1 fully saturated rings. The van der Waals surface area contributed by atoms with Crippen LogP contribution in [0.1, 0.15) is 25.0 Å². The van der Waals surface area contributed by atoms with Crippen LogP contribution in [0.3, 0.4) is 0 Å². The van der Waals surface area contributed by atoms with Gasteiger partial charge in [-0.15, -0.1) is 0 Å².